The van der Waals surface area contributed by atoms with E-state index < -0.39 is 6.04 Å². The van der Waals surface area contributed by atoms with Gasteiger partial charge in [0.05, 0.1) is 18.2 Å². The number of carbonyl (C=O) groups is 1. The van der Waals surface area contributed by atoms with Gasteiger partial charge >= 0.3 is 0 Å². The number of carbonyl (C=O) groups excluding carboxylic acids is 1. The molecule has 1 unspecified atom stereocenters. The lowest BCUT2D eigenvalue weighted by molar-refractivity contribution is 0.0915. The van der Waals surface area contributed by atoms with Crippen LogP contribution < -0.4 is 11.1 Å². The number of rotatable bonds is 4. The number of hydrogen-bond acceptors (Lipinski definition) is 3. The van der Waals surface area contributed by atoms with E-state index in [1.165, 1.54) is 0 Å². The molecule has 0 aromatic heterocycles. The van der Waals surface area contributed by atoms with Gasteiger partial charge in [0.15, 0.2) is 0 Å². The second kappa shape index (κ2) is 6.54. The van der Waals surface area contributed by atoms with Gasteiger partial charge in [0.1, 0.15) is 0 Å². The van der Waals surface area contributed by atoms with E-state index in [2.05, 4.69) is 21.2 Å². The molecule has 4 N–H and O–H groups in total. The highest BCUT2D eigenvalue weighted by molar-refractivity contribution is 9.10. The van der Waals surface area contributed by atoms with Crippen LogP contribution in [0.5, 0.6) is 0 Å². The number of anilines is 1. The third kappa shape index (κ3) is 3.37. The van der Waals surface area contributed by atoms with E-state index in [0.29, 0.717) is 15.7 Å². The Balaban J connectivity index is 2.20. The van der Waals surface area contributed by atoms with Crippen LogP contribution >= 0.6 is 15.9 Å². The van der Waals surface area contributed by atoms with Gasteiger partial charge in [0, 0.05) is 10.2 Å². The number of benzene rings is 2. The smallest absolute Gasteiger partial charge is 0.253 e. The molecule has 0 bridgehead atoms. The SMILES string of the molecule is Nc1ccc(Br)c(C(=O)NC(CO)c2ccccc2)c1. The average molecular weight is 335 g/mol. The Bertz CT molecular complexity index is 602. The molecule has 0 heterocycles. The molecule has 0 radical (unpaired) electrons. The first-order valence-electron chi connectivity index (χ1n) is 6.13. The van der Waals surface area contributed by atoms with Crippen LogP contribution in [0.3, 0.4) is 0 Å². The Kier molecular flexibility index (Phi) is 4.76. The van der Waals surface area contributed by atoms with Crippen LogP contribution in [0.2, 0.25) is 0 Å². The summed E-state index contributed by atoms with van der Waals surface area (Å²) >= 11 is 3.32. The maximum Gasteiger partial charge on any atom is 0.253 e. The number of nitrogens with one attached hydrogen (secondary N) is 1. The molecule has 1 atom stereocenters. The van der Waals surface area contributed by atoms with Crippen molar-refractivity contribution in [2.45, 2.75) is 6.04 Å². The van der Waals surface area contributed by atoms with Crippen LogP contribution in [0, 0.1) is 0 Å². The summed E-state index contributed by atoms with van der Waals surface area (Å²) in [6, 6.07) is 13.9. The highest BCUT2D eigenvalue weighted by Gasteiger charge is 2.16. The lowest BCUT2D eigenvalue weighted by Gasteiger charge is -2.17. The van der Waals surface area contributed by atoms with Crippen LogP contribution in [0.15, 0.2) is 53.0 Å². The van der Waals surface area contributed by atoms with Crippen molar-refractivity contribution in [3.05, 3.63) is 64.1 Å². The fourth-order valence-electron chi connectivity index (χ4n) is 1.87. The molecule has 2 rings (SSSR count). The van der Waals surface area contributed by atoms with Crippen molar-refractivity contribution in [2.24, 2.45) is 0 Å². The molecule has 0 aliphatic carbocycles. The number of nitrogen functional groups attached to an aromatic ring is 1. The van der Waals surface area contributed by atoms with E-state index in [-0.39, 0.29) is 12.5 Å². The Morgan fingerprint density at radius 2 is 1.95 bits per heavy atom. The predicted octanol–water partition coefficient (Wildman–Crippen LogP) is 2.49. The van der Waals surface area contributed by atoms with E-state index in [1.54, 1.807) is 18.2 Å². The first-order chi connectivity index (χ1) is 9.61. The molecule has 0 saturated carbocycles. The molecule has 104 valence electrons. The Labute approximate surface area is 125 Å². The van der Waals surface area contributed by atoms with Crippen molar-refractivity contribution in [3.8, 4) is 0 Å². The number of hydrogen-bond donors (Lipinski definition) is 3. The number of aliphatic hydroxyl groups is 1. The monoisotopic (exact) mass is 334 g/mol. The van der Waals surface area contributed by atoms with E-state index in [9.17, 15) is 9.90 Å². The van der Waals surface area contributed by atoms with Gasteiger partial charge in [0.25, 0.3) is 5.91 Å². The van der Waals surface area contributed by atoms with Gasteiger partial charge in [-0.3, -0.25) is 4.79 Å². The third-order valence-corrected chi connectivity index (χ3v) is 3.62. The standard InChI is InChI=1S/C15H15BrN2O2/c16-13-7-6-11(17)8-12(13)15(20)18-14(9-19)10-4-2-1-3-5-10/h1-8,14,19H,9,17H2,(H,18,20). The summed E-state index contributed by atoms with van der Waals surface area (Å²) in [5.41, 5.74) is 7.50. The van der Waals surface area contributed by atoms with Crippen molar-refractivity contribution in [2.75, 3.05) is 12.3 Å². The summed E-state index contributed by atoms with van der Waals surface area (Å²) in [7, 11) is 0. The van der Waals surface area contributed by atoms with Crippen LogP contribution in [-0.2, 0) is 0 Å². The van der Waals surface area contributed by atoms with Crippen molar-refractivity contribution in [1.82, 2.24) is 5.32 Å². The van der Waals surface area contributed by atoms with Gasteiger partial charge in [-0.1, -0.05) is 30.3 Å². The topological polar surface area (TPSA) is 75.4 Å². The van der Waals surface area contributed by atoms with Gasteiger partial charge in [-0.15, -0.1) is 0 Å². The Morgan fingerprint density at radius 1 is 1.25 bits per heavy atom. The van der Waals surface area contributed by atoms with E-state index >= 15 is 0 Å². The first kappa shape index (κ1) is 14.6. The fourth-order valence-corrected chi connectivity index (χ4v) is 2.30. The molecule has 20 heavy (non-hydrogen) atoms. The molecule has 5 heteroatoms. The first-order valence-corrected chi connectivity index (χ1v) is 6.93. The summed E-state index contributed by atoms with van der Waals surface area (Å²) in [5, 5.41) is 12.2. The van der Waals surface area contributed by atoms with Crippen molar-refractivity contribution in [1.29, 1.82) is 0 Å². The Morgan fingerprint density at radius 3 is 2.60 bits per heavy atom. The molecule has 0 fully saturated rings. The molecule has 2 aromatic rings. The molecule has 0 spiro atoms. The zero-order chi connectivity index (χ0) is 14.5. The van der Waals surface area contributed by atoms with E-state index in [0.717, 1.165) is 5.56 Å². The largest absolute Gasteiger partial charge is 0.399 e. The number of nitrogens with two attached hydrogens (primary N) is 1. The number of aliphatic hydroxyl groups excluding tert-OH is 1. The Hall–Kier alpha value is -1.85. The average Bonchev–Trinajstić information content (AvgIpc) is 2.48. The minimum absolute atomic E-state index is 0.171. The van der Waals surface area contributed by atoms with Crippen molar-refractivity contribution in [3.63, 3.8) is 0 Å². The molecule has 0 saturated heterocycles. The normalized spacial score (nSPS) is 11.9. The van der Waals surface area contributed by atoms with Crippen LogP contribution in [0.25, 0.3) is 0 Å². The van der Waals surface area contributed by atoms with Crippen LogP contribution in [-0.4, -0.2) is 17.6 Å². The second-order valence-corrected chi connectivity index (χ2v) is 5.21. The zero-order valence-electron chi connectivity index (χ0n) is 10.7. The minimum Gasteiger partial charge on any atom is -0.399 e. The fraction of sp³-hybridized carbons (Fsp3) is 0.133. The van der Waals surface area contributed by atoms with Crippen LogP contribution in [0.1, 0.15) is 22.0 Å². The molecule has 0 aliphatic heterocycles. The number of amides is 1. The third-order valence-electron chi connectivity index (χ3n) is 2.92. The maximum atomic E-state index is 12.3. The summed E-state index contributed by atoms with van der Waals surface area (Å²) in [6.45, 7) is -0.171. The molecule has 2 aromatic carbocycles. The zero-order valence-corrected chi connectivity index (χ0v) is 12.3. The summed E-state index contributed by atoms with van der Waals surface area (Å²) < 4.78 is 0.661. The second-order valence-electron chi connectivity index (χ2n) is 4.36. The lowest BCUT2D eigenvalue weighted by Crippen LogP contribution is -2.31. The molecular weight excluding hydrogens is 320 g/mol. The van der Waals surface area contributed by atoms with Crippen LogP contribution in [0.4, 0.5) is 5.69 Å². The quantitative estimate of drug-likeness (QED) is 0.752. The number of halogens is 1. The highest BCUT2D eigenvalue weighted by atomic mass is 79.9. The lowest BCUT2D eigenvalue weighted by atomic mass is 10.1. The van der Waals surface area contributed by atoms with Gasteiger partial charge in [0.2, 0.25) is 0 Å². The van der Waals surface area contributed by atoms with Gasteiger partial charge in [-0.05, 0) is 39.7 Å². The summed E-state index contributed by atoms with van der Waals surface area (Å²) in [5.74, 6) is -0.285. The van der Waals surface area contributed by atoms with E-state index in [4.69, 9.17) is 5.73 Å². The van der Waals surface area contributed by atoms with Gasteiger partial charge in [-0.2, -0.15) is 0 Å². The van der Waals surface area contributed by atoms with Crippen molar-refractivity contribution < 1.29 is 9.90 Å². The summed E-state index contributed by atoms with van der Waals surface area (Å²) in [6.07, 6.45) is 0. The van der Waals surface area contributed by atoms with Gasteiger partial charge in [-0.25, -0.2) is 0 Å². The van der Waals surface area contributed by atoms with Crippen molar-refractivity contribution >= 4 is 27.5 Å². The summed E-state index contributed by atoms with van der Waals surface area (Å²) in [4.78, 5) is 12.3. The molecule has 1 amide bonds. The predicted molar refractivity (Wildman–Crippen MR) is 82.3 cm³/mol. The molecular formula is C15H15BrN2O2. The molecule has 4 nitrogen and oxygen atoms in total. The van der Waals surface area contributed by atoms with E-state index in [1.807, 2.05) is 30.3 Å². The highest BCUT2D eigenvalue weighted by Crippen LogP contribution is 2.21. The minimum atomic E-state index is -0.447. The van der Waals surface area contributed by atoms with Gasteiger partial charge < -0.3 is 16.2 Å². The maximum absolute atomic E-state index is 12.3. The molecule has 0 aliphatic rings.